The highest BCUT2D eigenvalue weighted by molar-refractivity contribution is 8.13. The zero-order valence-electron chi connectivity index (χ0n) is 22.5. The summed E-state index contributed by atoms with van der Waals surface area (Å²) in [4.78, 5) is 18.1. The number of amidine groups is 2. The number of rotatable bonds is 16. The smallest absolute Gasteiger partial charge is 0.156 e. The van der Waals surface area contributed by atoms with Crippen molar-refractivity contribution in [1.29, 1.82) is 0 Å². The Hall–Kier alpha value is -0.920. The molecule has 2 N–H and O–H groups in total. The number of hydrogen-bond donors (Lipinski definition) is 2. The van der Waals surface area contributed by atoms with Crippen LogP contribution in [0.5, 0.6) is 0 Å². The zero-order chi connectivity index (χ0) is 26.7. The summed E-state index contributed by atoms with van der Waals surface area (Å²) >= 11 is 7.05. The average Bonchev–Trinajstić information content (AvgIpc) is 2.95. The molecule has 37 heavy (non-hydrogen) atoms. The lowest BCUT2D eigenvalue weighted by atomic mass is 10.1. The van der Waals surface area contributed by atoms with Crippen molar-refractivity contribution in [1.82, 2.24) is 10.6 Å². The highest BCUT2D eigenvalue weighted by Crippen LogP contribution is 2.22. The van der Waals surface area contributed by atoms with Crippen molar-refractivity contribution in [2.24, 2.45) is 20.0 Å². The quantitative estimate of drug-likeness (QED) is 0.161. The van der Waals surface area contributed by atoms with Crippen LogP contribution in [0.15, 0.2) is 44.3 Å². The third kappa shape index (κ3) is 12.7. The van der Waals surface area contributed by atoms with Gasteiger partial charge in [0.05, 0.1) is 13.1 Å². The molecular weight excluding hydrogens is 545 g/mol. The van der Waals surface area contributed by atoms with E-state index >= 15 is 0 Å². The Bertz CT molecular complexity index is 770. The van der Waals surface area contributed by atoms with Crippen LogP contribution in [0.3, 0.4) is 0 Å². The third-order valence-corrected chi connectivity index (χ3v) is 9.36. The van der Waals surface area contributed by atoms with Crippen molar-refractivity contribution in [3.63, 3.8) is 0 Å². The van der Waals surface area contributed by atoms with Crippen molar-refractivity contribution in [2.75, 3.05) is 89.0 Å². The minimum absolute atomic E-state index is 0.269. The Morgan fingerprint density at radius 3 is 1.62 bits per heavy atom. The Labute approximate surface area is 240 Å². The number of ether oxygens (including phenoxy) is 2. The monoisotopic (exact) mass is 586 g/mol. The van der Waals surface area contributed by atoms with Crippen LogP contribution in [0, 0.1) is 0 Å². The van der Waals surface area contributed by atoms with Gasteiger partial charge in [0, 0.05) is 75.8 Å². The second-order valence-corrected chi connectivity index (χ2v) is 12.1. The fraction of sp³-hybridized carbons (Fsp3) is 0.680. The molecule has 0 aliphatic carbocycles. The number of hydrogen-bond acceptors (Lipinski definition) is 10. The van der Waals surface area contributed by atoms with Gasteiger partial charge in [-0.2, -0.15) is 23.5 Å². The molecule has 208 valence electrons. The van der Waals surface area contributed by atoms with Gasteiger partial charge in [-0.15, -0.1) is 0 Å². The van der Waals surface area contributed by atoms with Crippen LogP contribution >= 0.6 is 47.0 Å². The van der Waals surface area contributed by atoms with E-state index in [0.717, 1.165) is 65.9 Å². The summed E-state index contributed by atoms with van der Waals surface area (Å²) in [6.07, 6.45) is 16.9. The van der Waals surface area contributed by atoms with Crippen LogP contribution in [-0.4, -0.2) is 123 Å². The first-order valence-electron chi connectivity index (χ1n) is 12.4. The fourth-order valence-corrected chi connectivity index (χ4v) is 6.43. The van der Waals surface area contributed by atoms with Gasteiger partial charge < -0.3 is 20.1 Å². The number of nitrogens with zero attached hydrogens (tertiary/aromatic N) is 4. The lowest BCUT2D eigenvalue weighted by Crippen LogP contribution is -2.37. The fourth-order valence-electron chi connectivity index (χ4n) is 3.42. The molecule has 0 saturated carbocycles. The van der Waals surface area contributed by atoms with Gasteiger partial charge in [0.1, 0.15) is 11.2 Å². The first-order chi connectivity index (χ1) is 18.1. The van der Waals surface area contributed by atoms with Crippen LogP contribution in [0.25, 0.3) is 0 Å². The molecule has 0 fully saturated rings. The highest BCUT2D eigenvalue weighted by atomic mass is 32.2. The molecule has 2 unspecified atom stereocenters. The van der Waals surface area contributed by atoms with E-state index in [0.29, 0.717) is 13.1 Å². The summed E-state index contributed by atoms with van der Waals surface area (Å²) in [5.41, 5.74) is -0.538. The van der Waals surface area contributed by atoms with E-state index in [1.165, 1.54) is 0 Å². The number of allylic oxidation sites excluding steroid dienone is 2. The molecule has 12 heteroatoms. The van der Waals surface area contributed by atoms with Gasteiger partial charge in [-0.3, -0.25) is 20.0 Å². The van der Waals surface area contributed by atoms with E-state index < -0.39 is 0 Å². The van der Waals surface area contributed by atoms with Crippen LogP contribution in [-0.2, 0) is 9.47 Å². The van der Waals surface area contributed by atoms with Gasteiger partial charge >= 0.3 is 0 Å². The van der Waals surface area contributed by atoms with Gasteiger partial charge in [0.15, 0.2) is 10.3 Å². The van der Waals surface area contributed by atoms with Crippen molar-refractivity contribution in [3.05, 3.63) is 24.3 Å². The second kappa shape index (κ2) is 19.2. The first-order valence-corrected chi connectivity index (χ1v) is 17.1. The maximum Gasteiger partial charge on any atom is 0.156 e. The molecule has 0 amide bonds. The number of aliphatic imine (C=N–C) groups is 4. The molecule has 0 bridgehead atoms. The Kier molecular flexibility index (Phi) is 16.7. The molecule has 2 aliphatic heterocycles. The van der Waals surface area contributed by atoms with Crippen molar-refractivity contribution >= 4 is 69.8 Å². The maximum atomic E-state index is 5.69. The molecule has 0 spiro atoms. The molecule has 2 rings (SSSR count). The third-order valence-electron chi connectivity index (χ3n) is 5.67. The van der Waals surface area contributed by atoms with E-state index in [2.05, 4.69) is 45.3 Å². The molecule has 0 aromatic heterocycles. The molecule has 0 aromatic rings. The highest BCUT2D eigenvalue weighted by Gasteiger charge is 2.28. The number of dihydropyridines is 2. The Morgan fingerprint density at radius 1 is 0.811 bits per heavy atom. The number of thioether (sulfide) groups is 4. The standard InChI is InChI=1S/C25H42N6O2S4/c1-32-24(8-5-10-26-18-24)20-36-16-14-30-22(34-3)28-12-7-13-29-23(35-4)31-15-17-37-21-25(33-2)9-6-11-27-19-25/h5-6,8-11H,7,12-21H2,1-4H3,(H,28,30)(H,29,31). The summed E-state index contributed by atoms with van der Waals surface area (Å²) in [5.74, 6) is 3.77. The zero-order valence-corrected chi connectivity index (χ0v) is 25.7. The van der Waals surface area contributed by atoms with Crippen molar-refractivity contribution < 1.29 is 9.47 Å². The molecule has 2 heterocycles. The summed E-state index contributed by atoms with van der Waals surface area (Å²) in [6.45, 7) is 4.67. The van der Waals surface area contributed by atoms with Crippen LogP contribution in [0.4, 0.5) is 0 Å². The molecule has 2 aliphatic rings. The van der Waals surface area contributed by atoms with Gasteiger partial charge in [-0.05, 0) is 43.2 Å². The Balaban J connectivity index is 1.56. The Morgan fingerprint density at radius 2 is 1.27 bits per heavy atom. The summed E-state index contributed by atoms with van der Waals surface area (Å²) in [6, 6.07) is 0. The maximum absolute atomic E-state index is 5.69. The summed E-state index contributed by atoms with van der Waals surface area (Å²) in [7, 11) is 3.52. The van der Waals surface area contributed by atoms with Gasteiger partial charge in [-0.1, -0.05) is 23.5 Å². The van der Waals surface area contributed by atoms with Crippen molar-refractivity contribution in [2.45, 2.75) is 17.6 Å². The molecule has 0 radical (unpaired) electrons. The number of methoxy groups -OCH3 is 2. The second-order valence-electron chi connectivity index (χ2n) is 8.33. The molecule has 2 atom stereocenters. The van der Waals surface area contributed by atoms with E-state index in [9.17, 15) is 0 Å². The summed E-state index contributed by atoms with van der Waals surface area (Å²) < 4.78 is 11.4. The first kappa shape index (κ1) is 32.3. The normalized spacial score (nSPS) is 23.6. The number of nitrogens with one attached hydrogen (secondary N) is 2. The largest absolute Gasteiger partial charge is 0.371 e. The van der Waals surface area contributed by atoms with Gasteiger partial charge in [0.25, 0.3) is 0 Å². The van der Waals surface area contributed by atoms with E-state index in [4.69, 9.17) is 19.5 Å². The summed E-state index contributed by atoms with van der Waals surface area (Å²) in [5, 5.41) is 8.87. The SMILES string of the molecule is COC1(CSCCNC(=NCCCN=C(NCCSCC2(OC)C=CC=NC2)SC)SC)C=CC=NC1. The van der Waals surface area contributed by atoms with E-state index in [1.54, 1.807) is 37.7 Å². The van der Waals surface area contributed by atoms with Gasteiger partial charge in [-0.25, -0.2) is 0 Å². The predicted molar refractivity (Wildman–Crippen MR) is 171 cm³/mol. The minimum Gasteiger partial charge on any atom is -0.371 e. The van der Waals surface area contributed by atoms with Crippen LogP contribution in [0.2, 0.25) is 0 Å². The van der Waals surface area contributed by atoms with Gasteiger partial charge in [0.2, 0.25) is 0 Å². The molecule has 0 aromatic carbocycles. The lowest BCUT2D eigenvalue weighted by Gasteiger charge is -2.28. The minimum atomic E-state index is -0.269. The predicted octanol–water partition coefficient (Wildman–Crippen LogP) is 3.51. The van der Waals surface area contributed by atoms with Crippen LogP contribution < -0.4 is 10.6 Å². The topological polar surface area (TPSA) is 92.0 Å². The van der Waals surface area contributed by atoms with Crippen LogP contribution in [0.1, 0.15) is 6.42 Å². The lowest BCUT2D eigenvalue weighted by molar-refractivity contribution is 0.0603. The molecule has 0 saturated heterocycles. The average molecular weight is 587 g/mol. The molecular formula is C25H42N6O2S4. The van der Waals surface area contributed by atoms with E-state index in [-0.39, 0.29) is 11.2 Å². The molecule has 8 nitrogen and oxygen atoms in total. The van der Waals surface area contributed by atoms with Crippen molar-refractivity contribution in [3.8, 4) is 0 Å². The van der Waals surface area contributed by atoms with E-state index in [1.807, 2.05) is 48.1 Å².